The van der Waals surface area contributed by atoms with Crippen LogP contribution >= 0.6 is 0 Å². The molecule has 2 aliphatic rings. The van der Waals surface area contributed by atoms with Crippen molar-refractivity contribution in [1.82, 2.24) is 0 Å². The third-order valence-electron chi connectivity index (χ3n) is 2.85. The lowest BCUT2D eigenvalue weighted by Crippen LogP contribution is -2.43. The first-order chi connectivity index (χ1) is 6.31. The van der Waals surface area contributed by atoms with Crippen LogP contribution in [0.1, 0.15) is 19.3 Å². The van der Waals surface area contributed by atoms with Gasteiger partial charge in [0.1, 0.15) is 6.10 Å². The van der Waals surface area contributed by atoms with Crippen LogP contribution in [0, 0.1) is 5.92 Å². The van der Waals surface area contributed by atoms with E-state index in [9.17, 15) is 4.79 Å². The molecule has 0 aromatic heterocycles. The van der Waals surface area contributed by atoms with Crippen LogP contribution in [-0.2, 0) is 14.3 Å². The quantitative estimate of drug-likeness (QED) is 0.573. The lowest BCUT2D eigenvalue weighted by molar-refractivity contribution is -0.159. The Balaban J connectivity index is 2.13. The van der Waals surface area contributed by atoms with Gasteiger partial charge in [-0.1, -0.05) is 6.08 Å². The normalized spacial score (nSPS) is 38.2. The average molecular weight is 182 g/mol. The van der Waals surface area contributed by atoms with E-state index in [4.69, 9.17) is 9.47 Å². The molecule has 3 atom stereocenters. The van der Waals surface area contributed by atoms with Gasteiger partial charge in [-0.3, -0.25) is 0 Å². The van der Waals surface area contributed by atoms with E-state index in [1.54, 1.807) is 7.11 Å². The van der Waals surface area contributed by atoms with Gasteiger partial charge in [-0.2, -0.15) is 0 Å². The Kier molecular flexibility index (Phi) is 2.36. The molecule has 1 saturated carbocycles. The Morgan fingerprint density at radius 3 is 3.15 bits per heavy atom. The molecule has 0 radical (unpaired) electrons. The fourth-order valence-electron chi connectivity index (χ4n) is 2.16. The van der Waals surface area contributed by atoms with Gasteiger partial charge in [0.15, 0.2) is 0 Å². The summed E-state index contributed by atoms with van der Waals surface area (Å²) in [4.78, 5) is 11.0. The molecule has 1 fully saturated rings. The number of carbonyl (C=O) groups is 1. The number of hydrogen-bond donors (Lipinski definition) is 0. The Morgan fingerprint density at radius 1 is 1.54 bits per heavy atom. The van der Waals surface area contributed by atoms with Gasteiger partial charge in [0.25, 0.3) is 0 Å². The first-order valence-electron chi connectivity index (χ1n) is 4.73. The molecule has 0 spiro atoms. The Hall–Kier alpha value is -0.830. The fraction of sp³-hybridized carbons (Fsp3) is 0.700. The summed E-state index contributed by atoms with van der Waals surface area (Å²) in [7, 11) is 1.68. The molecule has 3 nitrogen and oxygen atoms in total. The molecule has 1 heterocycles. The highest BCUT2D eigenvalue weighted by Gasteiger charge is 2.36. The lowest BCUT2D eigenvalue weighted by Gasteiger charge is -2.36. The van der Waals surface area contributed by atoms with Crippen molar-refractivity contribution in [3.05, 3.63) is 12.2 Å². The second-order valence-electron chi connectivity index (χ2n) is 3.63. The van der Waals surface area contributed by atoms with E-state index in [-0.39, 0.29) is 18.2 Å². The van der Waals surface area contributed by atoms with Gasteiger partial charge >= 0.3 is 5.97 Å². The maximum atomic E-state index is 11.0. The average Bonchev–Trinajstić information content (AvgIpc) is 2.17. The summed E-state index contributed by atoms with van der Waals surface area (Å²) in [5, 5.41) is 0. The number of hydrogen-bond acceptors (Lipinski definition) is 3. The number of esters is 1. The van der Waals surface area contributed by atoms with Crippen LogP contribution in [0.15, 0.2) is 12.2 Å². The summed E-state index contributed by atoms with van der Waals surface area (Å²) in [6.07, 6.45) is 6.79. The number of methoxy groups -OCH3 is 1. The third kappa shape index (κ3) is 1.61. The zero-order chi connectivity index (χ0) is 9.26. The highest BCUT2D eigenvalue weighted by atomic mass is 16.6. The van der Waals surface area contributed by atoms with Crippen molar-refractivity contribution in [3.63, 3.8) is 0 Å². The smallest absolute Gasteiger partial charge is 0.330 e. The first-order valence-corrected chi connectivity index (χ1v) is 4.73. The zero-order valence-corrected chi connectivity index (χ0v) is 7.73. The minimum Gasteiger partial charge on any atom is -0.456 e. The molecule has 2 rings (SSSR count). The van der Waals surface area contributed by atoms with E-state index in [0.29, 0.717) is 5.92 Å². The van der Waals surface area contributed by atoms with Gasteiger partial charge in [0.05, 0.1) is 6.10 Å². The van der Waals surface area contributed by atoms with Crippen molar-refractivity contribution in [1.29, 1.82) is 0 Å². The summed E-state index contributed by atoms with van der Waals surface area (Å²) < 4.78 is 10.5. The van der Waals surface area contributed by atoms with Crippen molar-refractivity contribution >= 4 is 5.97 Å². The Labute approximate surface area is 77.7 Å². The predicted molar refractivity (Wildman–Crippen MR) is 47.2 cm³/mol. The summed E-state index contributed by atoms with van der Waals surface area (Å²) in [5.74, 6) is 0.140. The van der Waals surface area contributed by atoms with Crippen LogP contribution in [0.5, 0.6) is 0 Å². The molecule has 0 aromatic rings. The molecule has 0 N–H and O–H groups in total. The van der Waals surface area contributed by atoms with Crippen molar-refractivity contribution < 1.29 is 14.3 Å². The largest absolute Gasteiger partial charge is 0.456 e. The van der Waals surface area contributed by atoms with Crippen molar-refractivity contribution in [3.8, 4) is 0 Å². The molecule has 72 valence electrons. The van der Waals surface area contributed by atoms with Crippen molar-refractivity contribution in [2.24, 2.45) is 5.92 Å². The number of carbonyl (C=O) groups excluding carboxylic acids is 1. The second kappa shape index (κ2) is 3.50. The standard InChI is InChI=1S/C10H14O3/c1-12-8-4-2-3-7-5-6-9(11)13-10(7)8/h5-8,10H,2-4H2,1H3. The molecule has 1 aliphatic heterocycles. The second-order valence-corrected chi connectivity index (χ2v) is 3.63. The van der Waals surface area contributed by atoms with Gasteiger partial charge < -0.3 is 9.47 Å². The maximum absolute atomic E-state index is 11.0. The Morgan fingerprint density at radius 2 is 2.38 bits per heavy atom. The molecule has 0 aromatic carbocycles. The van der Waals surface area contributed by atoms with Gasteiger partial charge in [0, 0.05) is 19.1 Å². The summed E-state index contributed by atoms with van der Waals surface area (Å²) >= 11 is 0. The topological polar surface area (TPSA) is 35.5 Å². The molecule has 0 amide bonds. The Bertz CT molecular complexity index is 234. The highest BCUT2D eigenvalue weighted by molar-refractivity contribution is 5.83. The van der Waals surface area contributed by atoms with Crippen LogP contribution in [0.2, 0.25) is 0 Å². The number of fused-ring (bicyclic) bond motifs is 1. The highest BCUT2D eigenvalue weighted by Crippen LogP contribution is 2.32. The van der Waals surface area contributed by atoms with E-state index >= 15 is 0 Å². The fourth-order valence-corrected chi connectivity index (χ4v) is 2.16. The first kappa shape index (κ1) is 8.75. The van der Waals surface area contributed by atoms with E-state index < -0.39 is 0 Å². The summed E-state index contributed by atoms with van der Waals surface area (Å²) in [5.41, 5.74) is 0. The zero-order valence-electron chi connectivity index (χ0n) is 7.73. The van der Waals surface area contributed by atoms with Gasteiger partial charge in [-0.25, -0.2) is 4.79 Å². The molecule has 3 heteroatoms. The van der Waals surface area contributed by atoms with Crippen LogP contribution in [0.3, 0.4) is 0 Å². The van der Waals surface area contributed by atoms with Crippen LogP contribution < -0.4 is 0 Å². The number of rotatable bonds is 1. The van der Waals surface area contributed by atoms with E-state index in [0.717, 1.165) is 19.3 Å². The monoisotopic (exact) mass is 182 g/mol. The van der Waals surface area contributed by atoms with Gasteiger partial charge in [0.2, 0.25) is 0 Å². The summed E-state index contributed by atoms with van der Waals surface area (Å²) in [6.45, 7) is 0. The molecule has 0 saturated heterocycles. The lowest BCUT2D eigenvalue weighted by atomic mass is 9.83. The van der Waals surface area contributed by atoms with Crippen molar-refractivity contribution in [2.45, 2.75) is 31.5 Å². The minimum atomic E-state index is -0.231. The van der Waals surface area contributed by atoms with E-state index in [1.807, 2.05) is 6.08 Å². The third-order valence-corrected chi connectivity index (χ3v) is 2.85. The van der Waals surface area contributed by atoms with Crippen LogP contribution in [0.4, 0.5) is 0 Å². The maximum Gasteiger partial charge on any atom is 0.330 e. The van der Waals surface area contributed by atoms with Gasteiger partial charge in [-0.05, 0) is 19.3 Å². The van der Waals surface area contributed by atoms with Crippen molar-refractivity contribution in [2.75, 3.05) is 7.11 Å². The SMILES string of the molecule is COC1CCCC2C=CC(=O)OC21. The van der Waals surface area contributed by atoms with Gasteiger partial charge in [-0.15, -0.1) is 0 Å². The predicted octanol–water partition coefficient (Wildman–Crippen LogP) is 1.28. The minimum absolute atomic E-state index is 0.0451. The molecular weight excluding hydrogens is 168 g/mol. The van der Waals surface area contributed by atoms with Crippen LogP contribution in [0.25, 0.3) is 0 Å². The molecule has 0 bridgehead atoms. The van der Waals surface area contributed by atoms with Crippen LogP contribution in [-0.4, -0.2) is 25.3 Å². The molecule has 13 heavy (non-hydrogen) atoms. The molecule has 1 aliphatic carbocycles. The van der Waals surface area contributed by atoms with E-state index in [1.165, 1.54) is 6.08 Å². The number of ether oxygens (including phenoxy) is 2. The molecule has 3 unspecified atom stereocenters. The summed E-state index contributed by atoms with van der Waals surface area (Å²) in [6, 6.07) is 0. The van der Waals surface area contributed by atoms with E-state index in [2.05, 4.69) is 0 Å². The molecular formula is C10H14O3.